The number of hydrogen-bond acceptors (Lipinski definition) is 6. The second-order valence-corrected chi connectivity index (χ2v) is 11.3. The minimum absolute atomic E-state index is 0.599. The Hall–Kier alpha value is -6.53. The van der Waals surface area contributed by atoms with Crippen LogP contribution in [-0.2, 0) is 0 Å². The average molecular weight is 604 g/mol. The number of fused-ring (bicyclic) bond motifs is 5. The van der Waals surface area contributed by atoms with Gasteiger partial charge in [-0.25, -0.2) is 24.9 Å². The van der Waals surface area contributed by atoms with E-state index in [9.17, 15) is 0 Å². The monoisotopic (exact) mass is 603 g/mol. The Morgan fingerprint density at radius 1 is 0.362 bits per heavy atom. The van der Waals surface area contributed by atoms with E-state index in [0.29, 0.717) is 23.4 Å². The molecule has 0 bridgehead atoms. The van der Waals surface area contributed by atoms with E-state index in [2.05, 4.69) is 36.4 Å². The van der Waals surface area contributed by atoms with Crippen molar-refractivity contribution in [1.82, 2.24) is 24.9 Å². The number of pyridine rings is 1. The highest BCUT2D eigenvalue weighted by molar-refractivity contribution is 6.20. The first-order chi connectivity index (χ1) is 23.3. The summed E-state index contributed by atoms with van der Waals surface area (Å²) < 4.78 is 6.25. The van der Waals surface area contributed by atoms with Gasteiger partial charge in [0.15, 0.2) is 23.1 Å². The van der Waals surface area contributed by atoms with Gasteiger partial charge in [-0.05, 0) is 30.3 Å². The number of oxazole rings is 1. The number of aromatic nitrogens is 5. The average Bonchev–Trinajstić information content (AvgIpc) is 3.60. The third kappa shape index (κ3) is 4.80. The van der Waals surface area contributed by atoms with E-state index in [-0.39, 0.29) is 0 Å². The summed E-state index contributed by atoms with van der Waals surface area (Å²) in [4.78, 5) is 24.8. The molecule has 0 spiro atoms. The van der Waals surface area contributed by atoms with E-state index < -0.39 is 0 Å². The Kier molecular flexibility index (Phi) is 6.35. The van der Waals surface area contributed by atoms with Gasteiger partial charge in [0.25, 0.3) is 0 Å². The normalized spacial score (nSPS) is 11.4. The van der Waals surface area contributed by atoms with Gasteiger partial charge in [0.05, 0.1) is 11.2 Å². The summed E-state index contributed by atoms with van der Waals surface area (Å²) in [6.45, 7) is 0. The van der Waals surface area contributed by atoms with E-state index in [4.69, 9.17) is 29.3 Å². The van der Waals surface area contributed by atoms with Gasteiger partial charge in [0.1, 0.15) is 5.52 Å². The maximum absolute atomic E-state index is 6.25. The molecule has 9 aromatic rings. The molecule has 0 saturated heterocycles. The molecular weight excluding hydrogens is 578 g/mol. The molecule has 0 saturated carbocycles. The van der Waals surface area contributed by atoms with Crippen LogP contribution < -0.4 is 0 Å². The number of para-hydroxylation sites is 1. The summed E-state index contributed by atoms with van der Waals surface area (Å²) >= 11 is 0. The quantitative estimate of drug-likeness (QED) is 0.182. The highest BCUT2D eigenvalue weighted by Crippen LogP contribution is 2.38. The van der Waals surface area contributed by atoms with E-state index in [1.807, 2.05) is 115 Å². The van der Waals surface area contributed by atoms with Gasteiger partial charge >= 0.3 is 0 Å². The second kappa shape index (κ2) is 11.1. The van der Waals surface area contributed by atoms with Gasteiger partial charge < -0.3 is 4.42 Å². The lowest BCUT2D eigenvalue weighted by molar-refractivity contribution is 0.620. The Morgan fingerprint density at radius 3 is 1.49 bits per heavy atom. The third-order valence-electron chi connectivity index (χ3n) is 8.36. The molecular formula is C41H25N5O. The number of rotatable bonds is 5. The SMILES string of the molecule is c1ccc(-c2nc(-c3ccccc3)nc(-c3ccc(-c4nc5ccccc5c5c4ccc4oc(-c6ccccc6)nc45)cc3)n2)cc1. The maximum atomic E-state index is 6.25. The summed E-state index contributed by atoms with van der Waals surface area (Å²) in [6.07, 6.45) is 0. The number of nitrogens with zero attached hydrogens (tertiary/aromatic N) is 5. The molecule has 0 atom stereocenters. The van der Waals surface area contributed by atoms with E-state index in [0.717, 1.165) is 66.3 Å². The summed E-state index contributed by atoms with van der Waals surface area (Å²) in [5.41, 5.74) is 8.03. The van der Waals surface area contributed by atoms with Crippen molar-refractivity contribution in [3.8, 4) is 56.9 Å². The first-order valence-corrected chi connectivity index (χ1v) is 15.4. The maximum Gasteiger partial charge on any atom is 0.227 e. The molecule has 0 unspecified atom stereocenters. The third-order valence-corrected chi connectivity index (χ3v) is 8.36. The van der Waals surface area contributed by atoms with Gasteiger partial charge in [0.2, 0.25) is 5.89 Å². The van der Waals surface area contributed by atoms with Crippen LogP contribution in [0.15, 0.2) is 156 Å². The van der Waals surface area contributed by atoms with Crippen LogP contribution in [0.5, 0.6) is 0 Å². The molecule has 6 heteroatoms. The summed E-state index contributed by atoms with van der Waals surface area (Å²) in [5.74, 6) is 2.47. The number of hydrogen-bond donors (Lipinski definition) is 0. The van der Waals surface area contributed by atoms with Crippen molar-refractivity contribution in [2.24, 2.45) is 0 Å². The molecule has 47 heavy (non-hydrogen) atoms. The van der Waals surface area contributed by atoms with E-state index >= 15 is 0 Å². The van der Waals surface area contributed by atoms with Gasteiger partial charge in [-0.2, -0.15) is 0 Å². The summed E-state index contributed by atoms with van der Waals surface area (Å²) in [7, 11) is 0. The van der Waals surface area contributed by atoms with Crippen molar-refractivity contribution in [2.45, 2.75) is 0 Å². The zero-order chi connectivity index (χ0) is 31.2. The Labute approximate surface area is 270 Å². The molecule has 6 nitrogen and oxygen atoms in total. The molecule has 0 fully saturated rings. The Bertz CT molecular complexity index is 2490. The van der Waals surface area contributed by atoms with Gasteiger partial charge in [-0.15, -0.1) is 0 Å². The Balaban J connectivity index is 1.19. The lowest BCUT2D eigenvalue weighted by Gasteiger charge is -2.11. The molecule has 3 heterocycles. The van der Waals surface area contributed by atoms with Crippen LogP contribution >= 0.6 is 0 Å². The Morgan fingerprint density at radius 2 is 0.872 bits per heavy atom. The molecule has 0 radical (unpaired) electrons. The van der Waals surface area contributed by atoms with Crippen molar-refractivity contribution >= 4 is 32.8 Å². The van der Waals surface area contributed by atoms with Crippen LogP contribution in [0.4, 0.5) is 0 Å². The fraction of sp³-hybridized carbons (Fsp3) is 0. The molecule has 0 aliphatic heterocycles. The van der Waals surface area contributed by atoms with Crippen LogP contribution in [0, 0.1) is 0 Å². The van der Waals surface area contributed by atoms with Crippen molar-refractivity contribution in [2.75, 3.05) is 0 Å². The molecule has 0 aliphatic rings. The van der Waals surface area contributed by atoms with Crippen LogP contribution in [0.2, 0.25) is 0 Å². The summed E-state index contributed by atoms with van der Waals surface area (Å²) in [5, 5.41) is 3.07. The lowest BCUT2D eigenvalue weighted by atomic mass is 9.98. The molecule has 9 rings (SSSR count). The molecule has 0 aliphatic carbocycles. The lowest BCUT2D eigenvalue weighted by Crippen LogP contribution is -2.00. The molecule has 3 aromatic heterocycles. The van der Waals surface area contributed by atoms with Crippen LogP contribution in [0.25, 0.3) is 89.7 Å². The minimum atomic E-state index is 0.599. The smallest absolute Gasteiger partial charge is 0.227 e. The minimum Gasteiger partial charge on any atom is -0.436 e. The zero-order valence-electron chi connectivity index (χ0n) is 25.1. The second-order valence-electron chi connectivity index (χ2n) is 11.3. The predicted molar refractivity (Wildman–Crippen MR) is 187 cm³/mol. The first kappa shape index (κ1) is 26.8. The highest BCUT2D eigenvalue weighted by atomic mass is 16.3. The molecule has 6 aromatic carbocycles. The topological polar surface area (TPSA) is 77.6 Å². The number of benzene rings is 6. The highest BCUT2D eigenvalue weighted by Gasteiger charge is 2.18. The van der Waals surface area contributed by atoms with Crippen molar-refractivity contribution in [1.29, 1.82) is 0 Å². The first-order valence-electron chi connectivity index (χ1n) is 15.4. The van der Waals surface area contributed by atoms with Crippen LogP contribution in [-0.4, -0.2) is 24.9 Å². The molecule has 0 N–H and O–H groups in total. The van der Waals surface area contributed by atoms with Crippen molar-refractivity contribution in [3.63, 3.8) is 0 Å². The molecule has 0 amide bonds. The fourth-order valence-corrected chi connectivity index (χ4v) is 6.07. The predicted octanol–water partition coefficient (Wildman–Crippen LogP) is 10.0. The van der Waals surface area contributed by atoms with Crippen molar-refractivity contribution in [3.05, 3.63) is 152 Å². The largest absolute Gasteiger partial charge is 0.436 e. The van der Waals surface area contributed by atoms with Crippen LogP contribution in [0.1, 0.15) is 0 Å². The fourth-order valence-electron chi connectivity index (χ4n) is 6.07. The standard InChI is InChI=1S/C41H25N5O/c1-4-12-27(13-5-1)38-44-39(28-14-6-2-7-15-28)46-40(45-38)29-22-20-26(21-23-29)36-32-24-25-34-37(35(32)31-18-10-11-19-33(31)42-36)43-41(47-34)30-16-8-3-9-17-30/h1-25H. The van der Waals surface area contributed by atoms with E-state index in [1.165, 1.54) is 0 Å². The zero-order valence-corrected chi connectivity index (χ0v) is 25.1. The van der Waals surface area contributed by atoms with Crippen LogP contribution in [0.3, 0.4) is 0 Å². The van der Waals surface area contributed by atoms with Gasteiger partial charge in [0, 0.05) is 44.0 Å². The molecule has 220 valence electrons. The van der Waals surface area contributed by atoms with Gasteiger partial charge in [-0.3, -0.25) is 0 Å². The van der Waals surface area contributed by atoms with Gasteiger partial charge in [-0.1, -0.05) is 121 Å². The van der Waals surface area contributed by atoms with E-state index in [1.54, 1.807) is 0 Å². The summed E-state index contributed by atoms with van der Waals surface area (Å²) in [6, 6.07) is 50.6. The van der Waals surface area contributed by atoms with Crippen molar-refractivity contribution < 1.29 is 4.42 Å².